The number of nitrogens with zero attached hydrogens (tertiary/aromatic N) is 2. The molecule has 0 heterocycles. The van der Waals surface area contributed by atoms with E-state index >= 15 is 0 Å². The Hall–Kier alpha value is -0.590. The number of rotatable bonds is 5. The molecule has 0 aliphatic heterocycles. The van der Waals surface area contributed by atoms with Crippen molar-refractivity contribution in [2.45, 2.75) is 82.0 Å². The molecule has 0 radical (unpaired) electrons. The first-order chi connectivity index (χ1) is 9.13. The van der Waals surface area contributed by atoms with Gasteiger partial charge in [0.2, 0.25) is 0 Å². The van der Waals surface area contributed by atoms with Gasteiger partial charge in [-0.05, 0) is 71.3 Å². The summed E-state index contributed by atoms with van der Waals surface area (Å²) >= 11 is 0. The van der Waals surface area contributed by atoms with Crippen molar-refractivity contribution in [2.75, 3.05) is 7.05 Å². The molecule has 0 aromatic carbocycles. The molecule has 19 heavy (non-hydrogen) atoms. The molecule has 1 N–H and O–H groups in total. The van der Waals surface area contributed by atoms with E-state index in [9.17, 15) is 5.26 Å². The van der Waals surface area contributed by atoms with Crippen LogP contribution in [0, 0.1) is 17.2 Å². The van der Waals surface area contributed by atoms with Crippen LogP contribution in [0.5, 0.6) is 0 Å². The summed E-state index contributed by atoms with van der Waals surface area (Å²) < 4.78 is 0. The van der Waals surface area contributed by atoms with E-state index < -0.39 is 0 Å². The standard InChI is InChI=1S/C16H27N3/c1-12(13-5-6-13)19(2)15-4-3-9-16(10-15,11-17)18-14-7-8-14/h12-15,18H,3-10H2,1-2H3. The Morgan fingerprint density at radius 1 is 1.26 bits per heavy atom. The SMILES string of the molecule is CC(C1CC1)N(C)C1CCCC(C#N)(NC2CC2)C1. The average molecular weight is 261 g/mol. The molecule has 3 unspecified atom stereocenters. The van der Waals surface area contributed by atoms with Crippen LogP contribution in [-0.4, -0.2) is 35.6 Å². The molecule has 0 bridgehead atoms. The molecule has 3 aliphatic rings. The fraction of sp³-hybridized carbons (Fsp3) is 0.938. The lowest BCUT2D eigenvalue weighted by Crippen LogP contribution is -2.54. The van der Waals surface area contributed by atoms with Crippen LogP contribution in [0.15, 0.2) is 0 Å². The van der Waals surface area contributed by atoms with Gasteiger partial charge in [-0.1, -0.05) is 0 Å². The van der Waals surface area contributed by atoms with Crippen LogP contribution in [0.4, 0.5) is 0 Å². The Kier molecular flexibility index (Phi) is 3.57. The van der Waals surface area contributed by atoms with Crippen molar-refractivity contribution in [3.63, 3.8) is 0 Å². The van der Waals surface area contributed by atoms with Crippen molar-refractivity contribution in [1.82, 2.24) is 10.2 Å². The Morgan fingerprint density at radius 3 is 2.58 bits per heavy atom. The molecular weight excluding hydrogens is 234 g/mol. The minimum Gasteiger partial charge on any atom is -0.300 e. The minimum absolute atomic E-state index is 0.235. The summed E-state index contributed by atoms with van der Waals surface area (Å²) in [7, 11) is 2.28. The lowest BCUT2D eigenvalue weighted by atomic mass is 9.79. The Morgan fingerprint density at radius 2 is 2.00 bits per heavy atom. The third kappa shape index (κ3) is 2.95. The molecule has 3 heteroatoms. The second-order valence-electron chi connectivity index (χ2n) is 7.11. The zero-order valence-corrected chi connectivity index (χ0v) is 12.4. The van der Waals surface area contributed by atoms with Gasteiger partial charge in [0.15, 0.2) is 0 Å². The highest BCUT2D eigenvalue weighted by molar-refractivity contribution is 5.13. The maximum absolute atomic E-state index is 9.65. The predicted molar refractivity (Wildman–Crippen MR) is 76.7 cm³/mol. The normalized spacial score (nSPS) is 37.1. The summed E-state index contributed by atoms with van der Waals surface area (Å²) in [6.07, 6.45) is 9.87. The molecule has 3 atom stereocenters. The van der Waals surface area contributed by atoms with E-state index in [2.05, 4.69) is 30.3 Å². The Bertz CT molecular complexity index is 367. The van der Waals surface area contributed by atoms with Crippen molar-refractivity contribution >= 4 is 0 Å². The second-order valence-corrected chi connectivity index (χ2v) is 7.11. The third-order valence-electron chi connectivity index (χ3n) is 5.52. The second kappa shape index (κ2) is 5.07. The Labute approximate surface area is 117 Å². The molecule has 0 amide bonds. The van der Waals surface area contributed by atoms with Gasteiger partial charge in [-0.25, -0.2) is 0 Å². The largest absolute Gasteiger partial charge is 0.300 e. The first-order valence-corrected chi connectivity index (χ1v) is 8.04. The van der Waals surface area contributed by atoms with Crippen molar-refractivity contribution < 1.29 is 0 Å². The fourth-order valence-electron chi connectivity index (χ4n) is 3.72. The van der Waals surface area contributed by atoms with Gasteiger partial charge < -0.3 is 4.90 Å². The highest BCUT2D eigenvalue weighted by Gasteiger charge is 2.43. The van der Waals surface area contributed by atoms with E-state index in [1.54, 1.807) is 0 Å². The van der Waals surface area contributed by atoms with Gasteiger partial charge >= 0.3 is 0 Å². The lowest BCUT2D eigenvalue weighted by Gasteiger charge is -2.42. The van der Waals surface area contributed by atoms with E-state index in [1.165, 1.54) is 38.5 Å². The third-order valence-corrected chi connectivity index (χ3v) is 5.52. The summed E-state index contributed by atoms with van der Waals surface area (Å²) in [5.41, 5.74) is -0.235. The number of nitriles is 1. The molecule has 3 rings (SSSR count). The Balaban J connectivity index is 1.63. The minimum atomic E-state index is -0.235. The van der Waals surface area contributed by atoms with Crippen LogP contribution < -0.4 is 5.32 Å². The first-order valence-electron chi connectivity index (χ1n) is 8.04. The smallest absolute Gasteiger partial charge is 0.108 e. The van der Waals surface area contributed by atoms with E-state index in [-0.39, 0.29) is 5.54 Å². The van der Waals surface area contributed by atoms with Crippen LogP contribution in [0.2, 0.25) is 0 Å². The zero-order chi connectivity index (χ0) is 13.5. The molecule has 106 valence electrons. The monoisotopic (exact) mass is 261 g/mol. The van der Waals surface area contributed by atoms with Gasteiger partial charge in [-0.2, -0.15) is 5.26 Å². The number of hydrogen-bond donors (Lipinski definition) is 1. The van der Waals surface area contributed by atoms with Gasteiger partial charge in [-0.3, -0.25) is 5.32 Å². The van der Waals surface area contributed by atoms with Crippen LogP contribution >= 0.6 is 0 Å². The summed E-state index contributed by atoms with van der Waals surface area (Å²) in [5, 5.41) is 13.3. The fourth-order valence-corrected chi connectivity index (χ4v) is 3.72. The van der Waals surface area contributed by atoms with E-state index in [1.807, 2.05) is 0 Å². The van der Waals surface area contributed by atoms with Crippen LogP contribution in [0.25, 0.3) is 0 Å². The van der Waals surface area contributed by atoms with Crippen LogP contribution in [0.1, 0.15) is 58.3 Å². The van der Waals surface area contributed by atoms with Crippen LogP contribution in [-0.2, 0) is 0 Å². The first kappa shape index (κ1) is 13.4. The number of hydrogen-bond acceptors (Lipinski definition) is 3. The average Bonchev–Trinajstić information content (AvgIpc) is 3.30. The maximum Gasteiger partial charge on any atom is 0.108 e. The zero-order valence-electron chi connectivity index (χ0n) is 12.4. The summed E-state index contributed by atoms with van der Waals surface area (Å²) in [5.74, 6) is 0.916. The van der Waals surface area contributed by atoms with Crippen molar-refractivity contribution in [2.24, 2.45) is 5.92 Å². The molecule has 3 aliphatic carbocycles. The predicted octanol–water partition coefficient (Wildman–Crippen LogP) is 2.67. The van der Waals surface area contributed by atoms with Crippen molar-refractivity contribution in [3.05, 3.63) is 0 Å². The lowest BCUT2D eigenvalue weighted by molar-refractivity contribution is 0.102. The molecule has 3 nitrogen and oxygen atoms in total. The molecule has 0 saturated heterocycles. The van der Waals surface area contributed by atoms with Gasteiger partial charge in [0, 0.05) is 18.1 Å². The number of nitrogens with one attached hydrogen (secondary N) is 1. The molecule has 3 fully saturated rings. The molecule has 0 aromatic heterocycles. The van der Waals surface area contributed by atoms with E-state index in [0.29, 0.717) is 18.1 Å². The van der Waals surface area contributed by atoms with Crippen LogP contribution in [0.3, 0.4) is 0 Å². The van der Waals surface area contributed by atoms with E-state index in [4.69, 9.17) is 0 Å². The maximum atomic E-state index is 9.65. The van der Waals surface area contributed by atoms with E-state index in [0.717, 1.165) is 18.8 Å². The summed E-state index contributed by atoms with van der Waals surface area (Å²) in [6, 6.07) is 4.54. The summed E-state index contributed by atoms with van der Waals surface area (Å²) in [4.78, 5) is 2.57. The highest BCUT2D eigenvalue weighted by Crippen LogP contribution is 2.39. The van der Waals surface area contributed by atoms with Gasteiger partial charge in [0.1, 0.15) is 5.54 Å². The van der Waals surface area contributed by atoms with Gasteiger partial charge in [0.25, 0.3) is 0 Å². The molecule has 0 spiro atoms. The molecule has 0 aromatic rings. The quantitative estimate of drug-likeness (QED) is 0.827. The topological polar surface area (TPSA) is 39.1 Å². The van der Waals surface area contributed by atoms with Crippen molar-refractivity contribution in [1.29, 1.82) is 5.26 Å². The summed E-state index contributed by atoms with van der Waals surface area (Å²) in [6.45, 7) is 2.37. The molecule has 3 saturated carbocycles. The van der Waals surface area contributed by atoms with Gasteiger partial charge in [-0.15, -0.1) is 0 Å². The van der Waals surface area contributed by atoms with Gasteiger partial charge in [0.05, 0.1) is 6.07 Å². The highest BCUT2D eigenvalue weighted by atomic mass is 15.2. The molecular formula is C16H27N3. The van der Waals surface area contributed by atoms with Crippen molar-refractivity contribution in [3.8, 4) is 6.07 Å².